The van der Waals surface area contributed by atoms with Crippen molar-refractivity contribution in [2.45, 2.75) is 58.9 Å². The van der Waals surface area contributed by atoms with Gasteiger partial charge in [0.1, 0.15) is 0 Å². The molecule has 0 aromatic carbocycles. The van der Waals surface area contributed by atoms with Gasteiger partial charge in [0.25, 0.3) is 0 Å². The third kappa shape index (κ3) is 2.46. The summed E-state index contributed by atoms with van der Waals surface area (Å²) in [6.45, 7) is 13.0. The Morgan fingerprint density at radius 3 is 2.50 bits per heavy atom. The summed E-state index contributed by atoms with van der Waals surface area (Å²) in [5, 5.41) is 0. The number of nitrogens with two attached hydrogens (primary N) is 1. The smallest absolute Gasteiger partial charge is 0.0359 e. The monoisotopic (exact) mass is 252 g/mol. The lowest BCUT2D eigenvalue weighted by molar-refractivity contribution is 0.00888. The highest BCUT2D eigenvalue weighted by molar-refractivity contribution is 5.02. The molecule has 1 aliphatic heterocycles. The Labute approximate surface area is 113 Å². The third-order valence-electron chi connectivity index (χ3n) is 5.86. The predicted octanol–water partition coefficient (Wildman–Crippen LogP) is 3.12. The van der Waals surface area contributed by atoms with Crippen LogP contribution in [0, 0.1) is 23.7 Å². The molecule has 2 N–H and O–H groups in total. The van der Waals surface area contributed by atoms with Crippen molar-refractivity contribution in [3.63, 3.8) is 0 Å². The first-order chi connectivity index (χ1) is 8.49. The summed E-state index contributed by atoms with van der Waals surface area (Å²) < 4.78 is 0. The van der Waals surface area contributed by atoms with Crippen molar-refractivity contribution in [3.05, 3.63) is 0 Å². The van der Waals surface area contributed by atoms with Crippen LogP contribution in [0.25, 0.3) is 0 Å². The van der Waals surface area contributed by atoms with Gasteiger partial charge in [-0.25, -0.2) is 0 Å². The van der Waals surface area contributed by atoms with Crippen molar-refractivity contribution in [3.8, 4) is 0 Å². The largest absolute Gasteiger partial charge is 0.329 e. The van der Waals surface area contributed by atoms with Crippen LogP contribution in [0.1, 0.15) is 53.4 Å². The molecule has 1 aliphatic carbocycles. The molecule has 18 heavy (non-hydrogen) atoms. The lowest BCUT2D eigenvalue weighted by atomic mass is 9.68. The zero-order valence-corrected chi connectivity index (χ0v) is 12.8. The first-order valence-electron chi connectivity index (χ1n) is 7.94. The quantitative estimate of drug-likeness (QED) is 0.836. The molecule has 0 bridgehead atoms. The number of hydrogen-bond acceptors (Lipinski definition) is 2. The number of hydrogen-bond donors (Lipinski definition) is 1. The van der Waals surface area contributed by atoms with Crippen molar-refractivity contribution in [1.29, 1.82) is 0 Å². The summed E-state index contributed by atoms with van der Waals surface area (Å²) in [4.78, 5) is 2.76. The number of nitrogens with zero attached hydrogens (tertiary/aromatic N) is 1. The fourth-order valence-electron chi connectivity index (χ4n) is 4.30. The topological polar surface area (TPSA) is 29.3 Å². The maximum absolute atomic E-state index is 6.25. The molecule has 0 radical (unpaired) electrons. The van der Waals surface area contributed by atoms with Crippen LogP contribution in [-0.2, 0) is 0 Å². The Morgan fingerprint density at radius 1 is 1.22 bits per heavy atom. The van der Waals surface area contributed by atoms with Crippen LogP contribution in [0.3, 0.4) is 0 Å². The van der Waals surface area contributed by atoms with Crippen LogP contribution in [0.2, 0.25) is 0 Å². The van der Waals surface area contributed by atoms with E-state index in [2.05, 4.69) is 32.6 Å². The van der Waals surface area contributed by atoms with E-state index in [-0.39, 0.29) is 0 Å². The highest BCUT2D eigenvalue weighted by Crippen LogP contribution is 2.43. The minimum atomic E-state index is 0.307. The summed E-state index contributed by atoms with van der Waals surface area (Å²) in [6, 6.07) is 0. The lowest BCUT2D eigenvalue weighted by Crippen LogP contribution is -2.59. The van der Waals surface area contributed by atoms with E-state index >= 15 is 0 Å². The van der Waals surface area contributed by atoms with Gasteiger partial charge in [-0.1, -0.05) is 34.1 Å². The van der Waals surface area contributed by atoms with E-state index in [1.54, 1.807) is 0 Å². The van der Waals surface area contributed by atoms with E-state index < -0.39 is 0 Å². The molecule has 2 aliphatic rings. The summed E-state index contributed by atoms with van der Waals surface area (Å²) in [5.41, 5.74) is 6.56. The minimum absolute atomic E-state index is 0.307. The number of likely N-dealkylation sites (tertiary alicyclic amines) is 1. The maximum atomic E-state index is 6.25. The van der Waals surface area contributed by atoms with Crippen LogP contribution >= 0.6 is 0 Å². The molecule has 0 amide bonds. The summed E-state index contributed by atoms with van der Waals surface area (Å²) >= 11 is 0. The summed E-state index contributed by atoms with van der Waals surface area (Å²) in [7, 11) is 0. The second-order valence-corrected chi connectivity index (χ2v) is 7.33. The van der Waals surface area contributed by atoms with E-state index in [1.807, 2.05) is 0 Å². The Balaban J connectivity index is 2.12. The Bertz CT molecular complexity index is 276. The molecular formula is C16H32N2. The average Bonchev–Trinajstić information content (AvgIpc) is 2.82. The van der Waals surface area contributed by atoms with E-state index in [0.29, 0.717) is 5.54 Å². The maximum Gasteiger partial charge on any atom is 0.0359 e. The molecule has 1 saturated carbocycles. The van der Waals surface area contributed by atoms with Gasteiger partial charge in [-0.15, -0.1) is 0 Å². The molecule has 2 nitrogen and oxygen atoms in total. The second kappa shape index (κ2) is 5.50. The summed E-state index contributed by atoms with van der Waals surface area (Å²) in [5.74, 6) is 3.33. The summed E-state index contributed by atoms with van der Waals surface area (Å²) in [6.07, 6.45) is 5.45. The molecule has 1 heterocycles. The molecular weight excluding hydrogens is 220 g/mol. The third-order valence-corrected chi connectivity index (χ3v) is 5.86. The van der Waals surface area contributed by atoms with Gasteiger partial charge in [-0.3, -0.25) is 4.90 Å². The van der Waals surface area contributed by atoms with E-state index in [0.717, 1.165) is 30.2 Å². The van der Waals surface area contributed by atoms with Gasteiger partial charge < -0.3 is 5.73 Å². The van der Waals surface area contributed by atoms with E-state index in [9.17, 15) is 0 Å². The highest BCUT2D eigenvalue weighted by atomic mass is 15.2. The Morgan fingerprint density at radius 2 is 1.94 bits per heavy atom. The van der Waals surface area contributed by atoms with Gasteiger partial charge in [0.15, 0.2) is 0 Å². The predicted molar refractivity (Wildman–Crippen MR) is 78.5 cm³/mol. The SMILES string of the molecule is CC1CCC(C)C(CN)(N2CCC(C(C)C)C2)C1. The van der Waals surface area contributed by atoms with Crippen molar-refractivity contribution < 1.29 is 0 Å². The molecule has 4 unspecified atom stereocenters. The molecule has 4 atom stereocenters. The fourth-order valence-corrected chi connectivity index (χ4v) is 4.30. The molecule has 0 spiro atoms. The van der Waals surface area contributed by atoms with Gasteiger partial charge in [0.2, 0.25) is 0 Å². The normalized spacial score (nSPS) is 42.7. The van der Waals surface area contributed by atoms with Crippen LogP contribution in [0.4, 0.5) is 0 Å². The second-order valence-electron chi connectivity index (χ2n) is 7.33. The van der Waals surface area contributed by atoms with E-state index in [4.69, 9.17) is 5.73 Å². The van der Waals surface area contributed by atoms with Crippen molar-refractivity contribution in [2.24, 2.45) is 29.4 Å². The van der Waals surface area contributed by atoms with Crippen LogP contribution < -0.4 is 5.73 Å². The lowest BCUT2D eigenvalue weighted by Gasteiger charge is -2.50. The first kappa shape index (κ1) is 14.3. The van der Waals surface area contributed by atoms with Crippen LogP contribution in [-0.4, -0.2) is 30.1 Å². The van der Waals surface area contributed by atoms with Gasteiger partial charge >= 0.3 is 0 Å². The Kier molecular flexibility index (Phi) is 4.38. The van der Waals surface area contributed by atoms with Crippen LogP contribution in [0.15, 0.2) is 0 Å². The molecule has 1 saturated heterocycles. The van der Waals surface area contributed by atoms with Crippen molar-refractivity contribution in [2.75, 3.05) is 19.6 Å². The van der Waals surface area contributed by atoms with Gasteiger partial charge in [0.05, 0.1) is 0 Å². The van der Waals surface area contributed by atoms with Gasteiger partial charge in [0, 0.05) is 18.6 Å². The highest BCUT2D eigenvalue weighted by Gasteiger charge is 2.46. The van der Waals surface area contributed by atoms with Gasteiger partial charge in [-0.05, 0) is 49.5 Å². The van der Waals surface area contributed by atoms with Crippen molar-refractivity contribution >= 4 is 0 Å². The standard InChI is InChI=1S/C16H32N2/c1-12(2)15-7-8-18(10-15)16(11-17)9-13(3)5-6-14(16)4/h12-15H,5-11,17H2,1-4H3. The fraction of sp³-hybridized carbons (Fsp3) is 1.00. The molecule has 2 heteroatoms. The first-order valence-corrected chi connectivity index (χ1v) is 7.94. The zero-order valence-electron chi connectivity index (χ0n) is 12.8. The van der Waals surface area contributed by atoms with Crippen LogP contribution in [0.5, 0.6) is 0 Å². The molecule has 106 valence electrons. The molecule has 0 aromatic heterocycles. The Hall–Kier alpha value is -0.0800. The molecule has 2 fully saturated rings. The molecule has 0 aromatic rings. The van der Waals surface area contributed by atoms with E-state index in [1.165, 1.54) is 38.8 Å². The van der Waals surface area contributed by atoms with Gasteiger partial charge in [-0.2, -0.15) is 0 Å². The zero-order chi connectivity index (χ0) is 13.3. The molecule has 2 rings (SSSR count). The minimum Gasteiger partial charge on any atom is -0.329 e. The number of rotatable bonds is 3. The average molecular weight is 252 g/mol. The van der Waals surface area contributed by atoms with Crippen molar-refractivity contribution in [1.82, 2.24) is 4.90 Å².